The third kappa shape index (κ3) is 5.05. The predicted octanol–water partition coefficient (Wildman–Crippen LogP) is 3.23. The van der Waals surface area contributed by atoms with Crippen molar-refractivity contribution in [3.05, 3.63) is 70.5 Å². The Morgan fingerprint density at radius 2 is 1.85 bits per heavy atom. The summed E-state index contributed by atoms with van der Waals surface area (Å²) in [5, 5.41) is 2.75. The van der Waals surface area contributed by atoms with E-state index >= 15 is 0 Å². The molecule has 1 atom stereocenters. The summed E-state index contributed by atoms with van der Waals surface area (Å²) >= 11 is 6.03. The van der Waals surface area contributed by atoms with Gasteiger partial charge < -0.3 is 10.2 Å². The number of hydrogen-bond acceptors (Lipinski definition) is 2. The zero-order chi connectivity index (χ0) is 19.1. The van der Waals surface area contributed by atoms with E-state index in [0.29, 0.717) is 13.0 Å². The quantitative estimate of drug-likeness (QED) is 0.806. The number of nitrogens with zero attached hydrogens (tertiary/aromatic N) is 1. The van der Waals surface area contributed by atoms with Gasteiger partial charge in [-0.3, -0.25) is 9.59 Å². The summed E-state index contributed by atoms with van der Waals surface area (Å²) in [5.74, 6) is -1.14. The van der Waals surface area contributed by atoms with Crippen LogP contribution in [0.4, 0.5) is 4.39 Å². The third-order valence-electron chi connectivity index (χ3n) is 4.29. The van der Waals surface area contributed by atoms with Crippen LogP contribution < -0.4 is 5.32 Å². The Kier molecular flexibility index (Phi) is 7.16. The second-order valence-corrected chi connectivity index (χ2v) is 6.40. The maximum atomic E-state index is 14.0. The van der Waals surface area contributed by atoms with Crippen LogP contribution in [0.2, 0.25) is 5.02 Å². The number of rotatable bonds is 7. The van der Waals surface area contributed by atoms with E-state index in [4.69, 9.17) is 11.6 Å². The number of benzene rings is 2. The van der Waals surface area contributed by atoms with E-state index in [2.05, 4.69) is 5.32 Å². The largest absolute Gasteiger partial charge is 0.357 e. The molecule has 0 aromatic heterocycles. The fourth-order valence-corrected chi connectivity index (χ4v) is 2.96. The second-order valence-electron chi connectivity index (χ2n) is 5.99. The number of carbonyl (C=O) groups excluding carboxylic acids is 2. The molecule has 0 unspecified atom stereocenters. The van der Waals surface area contributed by atoms with E-state index in [0.717, 1.165) is 5.56 Å². The molecule has 0 radical (unpaired) electrons. The average molecular weight is 377 g/mol. The zero-order valence-corrected chi connectivity index (χ0v) is 15.6. The average Bonchev–Trinajstić information content (AvgIpc) is 2.65. The fraction of sp³-hybridized carbons (Fsp3) is 0.300. The van der Waals surface area contributed by atoms with Gasteiger partial charge >= 0.3 is 0 Å². The van der Waals surface area contributed by atoms with Crippen molar-refractivity contribution in [2.24, 2.45) is 0 Å². The molecular weight excluding hydrogens is 355 g/mol. The van der Waals surface area contributed by atoms with Crippen LogP contribution in [0.1, 0.15) is 18.1 Å². The SMILES string of the molecule is CNC(=O)[C@H](C)N(CCc1ccccc1)C(=O)Cc1c(F)cccc1Cl. The summed E-state index contributed by atoms with van der Waals surface area (Å²) in [6.07, 6.45) is 0.403. The lowest BCUT2D eigenvalue weighted by molar-refractivity contribution is -0.139. The molecule has 0 saturated carbocycles. The number of halogens is 2. The molecule has 26 heavy (non-hydrogen) atoms. The van der Waals surface area contributed by atoms with Crippen LogP contribution in [0.3, 0.4) is 0 Å². The molecule has 0 fully saturated rings. The lowest BCUT2D eigenvalue weighted by Crippen LogP contribution is -2.48. The standard InChI is InChI=1S/C20H22ClFN2O2/c1-14(20(26)23-2)24(12-11-15-7-4-3-5-8-15)19(25)13-16-17(21)9-6-10-18(16)22/h3-10,14H,11-13H2,1-2H3,(H,23,26)/t14-/m0/s1. The number of amides is 2. The number of likely N-dealkylation sites (N-methyl/N-ethyl adjacent to an activating group) is 1. The van der Waals surface area contributed by atoms with Crippen LogP contribution in [-0.4, -0.2) is 36.3 Å². The minimum absolute atomic E-state index is 0.146. The highest BCUT2D eigenvalue weighted by molar-refractivity contribution is 6.31. The van der Waals surface area contributed by atoms with Crippen molar-refractivity contribution in [1.82, 2.24) is 10.2 Å². The molecule has 0 bridgehead atoms. The topological polar surface area (TPSA) is 49.4 Å². The zero-order valence-electron chi connectivity index (χ0n) is 14.8. The third-order valence-corrected chi connectivity index (χ3v) is 4.64. The molecule has 2 aromatic carbocycles. The van der Waals surface area contributed by atoms with Crippen LogP contribution in [0.15, 0.2) is 48.5 Å². The molecular formula is C20H22ClFN2O2. The lowest BCUT2D eigenvalue weighted by Gasteiger charge is -2.28. The van der Waals surface area contributed by atoms with E-state index in [9.17, 15) is 14.0 Å². The van der Waals surface area contributed by atoms with E-state index < -0.39 is 11.9 Å². The molecule has 2 rings (SSSR count). The van der Waals surface area contributed by atoms with Crippen molar-refractivity contribution in [2.45, 2.75) is 25.8 Å². The van der Waals surface area contributed by atoms with Gasteiger partial charge in [-0.2, -0.15) is 0 Å². The van der Waals surface area contributed by atoms with Crippen molar-refractivity contribution in [1.29, 1.82) is 0 Å². The van der Waals surface area contributed by atoms with Crippen LogP contribution >= 0.6 is 11.6 Å². The summed E-state index contributed by atoms with van der Waals surface area (Å²) in [4.78, 5) is 26.3. The minimum atomic E-state index is -0.665. The van der Waals surface area contributed by atoms with E-state index in [1.165, 1.54) is 24.1 Å². The van der Waals surface area contributed by atoms with Crippen LogP contribution in [0, 0.1) is 5.82 Å². The monoisotopic (exact) mass is 376 g/mol. The first-order valence-corrected chi connectivity index (χ1v) is 8.79. The van der Waals surface area contributed by atoms with E-state index in [1.54, 1.807) is 13.0 Å². The first-order chi connectivity index (χ1) is 12.4. The molecule has 0 saturated heterocycles. The molecule has 6 heteroatoms. The molecule has 0 aliphatic heterocycles. The summed E-state index contributed by atoms with van der Waals surface area (Å²) in [7, 11) is 1.52. The maximum Gasteiger partial charge on any atom is 0.242 e. The van der Waals surface area contributed by atoms with Crippen LogP contribution in [-0.2, 0) is 22.4 Å². The van der Waals surface area contributed by atoms with Gasteiger partial charge in [-0.1, -0.05) is 48.0 Å². The molecule has 2 aromatic rings. The Balaban J connectivity index is 2.19. The summed E-state index contributed by atoms with van der Waals surface area (Å²) in [6.45, 7) is 2.01. The molecule has 0 spiro atoms. The van der Waals surface area contributed by atoms with Gasteiger partial charge in [0.05, 0.1) is 6.42 Å². The highest BCUT2D eigenvalue weighted by Crippen LogP contribution is 2.21. The number of hydrogen-bond donors (Lipinski definition) is 1. The summed E-state index contributed by atoms with van der Waals surface area (Å²) < 4.78 is 14.0. The molecule has 138 valence electrons. The van der Waals surface area contributed by atoms with E-state index in [-0.39, 0.29) is 28.8 Å². The van der Waals surface area contributed by atoms with Gasteiger partial charge in [0.25, 0.3) is 0 Å². The summed E-state index contributed by atoms with van der Waals surface area (Å²) in [6, 6.07) is 13.3. The van der Waals surface area contributed by atoms with Gasteiger partial charge in [-0.25, -0.2) is 4.39 Å². The van der Waals surface area contributed by atoms with Gasteiger partial charge in [0, 0.05) is 24.2 Å². The fourth-order valence-electron chi connectivity index (χ4n) is 2.73. The normalized spacial score (nSPS) is 11.7. The molecule has 0 aliphatic rings. The van der Waals surface area contributed by atoms with Gasteiger partial charge in [0.1, 0.15) is 11.9 Å². The van der Waals surface area contributed by atoms with Crippen molar-refractivity contribution in [3.63, 3.8) is 0 Å². The van der Waals surface area contributed by atoms with Crippen molar-refractivity contribution in [2.75, 3.05) is 13.6 Å². The Morgan fingerprint density at radius 1 is 1.15 bits per heavy atom. The van der Waals surface area contributed by atoms with Gasteiger partial charge in [-0.15, -0.1) is 0 Å². The lowest BCUT2D eigenvalue weighted by atomic mass is 10.1. The molecule has 0 aliphatic carbocycles. The molecule has 2 amide bonds. The van der Waals surface area contributed by atoms with Gasteiger partial charge in [0.2, 0.25) is 11.8 Å². The Bertz CT molecular complexity index is 747. The Hall–Kier alpha value is -2.40. The first-order valence-electron chi connectivity index (χ1n) is 8.42. The van der Waals surface area contributed by atoms with Crippen molar-refractivity contribution >= 4 is 23.4 Å². The molecule has 1 N–H and O–H groups in total. The van der Waals surface area contributed by atoms with Gasteiger partial charge in [-0.05, 0) is 31.0 Å². The first kappa shape index (κ1) is 19.9. The minimum Gasteiger partial charge on any atom is -0.357 e. The van der Waals surface area contributed by atoms with Crippen molar-refractivity contribution < 1.29 is 14.0 Å². The second kappa shape index (κ2) is 9.34. The van der Waals surface area contributed by atoms with Crippen LogP contribution in [0.25, 0.3) is 0 Å². The summed E-state index contributed by atoms with van der Waals surface area (Å²) in [5.41, 5.74) is 1.20. The number of carbonyl (C=O) groups is 2. The molecule has 0 heterocycles. The maximum absolute atomic E-state index is 14.0. The van der Waals surface area contributed by atoms with Crippen LogP contribution in [0.5, 0.6) is 0 Å². The molecule has 4 nitrogen and oxygen atoms in total. The van der Waals surface area contributed by atoms with E-state index in [1.807, 2.05) is 30.3 Å². The highest BCUT2D eigenvalue weighted by Gasteiger charge is 2.26. The number of nitrogens with one attached hydrogen (secondary N) is 1. The Labute approximate surface area is 158 Å². The van der Waals surface area contributed by atoms with Crippen molar-refractivity contribution in [3.8, 4) is 0 Å². The predicted molar refractivity (Wildman–Crippen MR) is 101 cm³/mol. The highest BCUT2D eigenvalue weighted by atomic mass is 35.5. The smallest absolute Gasteiger partial charge is 0.242 e. The Morgan fingerprint density at radius 3 is 2.46 bits per heavy atom. The van der Waals surface area contributed by atoms with Gasteiger partial charge in [0.15, 0.2) is 0 Å².